The largest absolute Gasteiger partial charge is 0.491 e. The van der Waals surface area contributed by atoms with Gasteiger partial charge in [0.15, 0.2) is 0 Å². The number of rotatable bonds is 6. The molecule has 19 heavy (non-hydrogen) atoms. The molecule has 0 radical (unpaired) electrons. The first kappa shape index (κ1) is 14.4. The SMILES string of the molecule is NCc1cc(Cl)cc(Cl)c1OCCC(=O)NC1CC1. The van der Waals surface area contributed by atoms with Gasteiger partial charge >= 0.3 is 0 Å². The summed E-state index contributed by atoms with van der Waals surface area (Å²) >= 11 is 11.9. The first-order chi connectivity index (χ1) is 9.10. The van der Waals surface area contributed by atoms with E-state index in [4.69, 9.17) is 33.7 Å². The number of hydrogen-bond acceptors (Lipinski definition) is 3. The van der Waals surface area contributed by atoms with Gasteiger partial charge in [-0.15, -0.1) is 0 Å². The van der Waals surface area contributed by atoms with E-state index in [0.29, 0.717) is 28.3 Å². The molecule has 1 amide bonds. The number of nitrogens with one attached hydrogen (secondary N) is 1. The smallest absolute Gasteiger partial charge is 0.223 e. The Labute approximate surface area is 122 Å². The van der Waals surface area contributed by atoms with Gasteiger partial charge in [0.05, 0.1) is 18.1 Å². The molecule has 0 atom stereocenters. The second-order valence-corrected chi connectivity index (χ2v) is 5.36. The van der Waals surface area contributed by atoms with Crippen molar-refractivity contribution >= 4 is 29.1 Å². The number of carbonyl (C=O) groups excluding carboxylic acids is 1. The van der Waals surface area contributed by atoms with Gasteiger partial charge in [-0.05, 0) is 25.0 Å². The molecule has 0 saturated heterocycles. The Hall–Kier alpha value is -0.970. The van der Waals surface area contributed by atoms with Crippen LogP contribution in [0.15, 0.2) is 12.1 Å². The maximum atomic E-state index is 11.5. The van der Waals surface area contributed by atoms with Gasteiger partial charge in [0.2, 0.25) is 5.91 Å². The molecule has 0 spiro atoms. The number of ether oxygens (including phenoxy) is 1. The van der Waals surface area contributed by atoms with E-state index in [-0.39, 0.29) is 19.1 Å². The van der Waals surface area contributed by atoms with Crippen LogP contribution in [0.5, 0.6) is 5.75 Å². The van der Waals surface area contributed by atoms with Gasteiger partial charge in [-0.3, -0.25) is 4.79 Å². The van der Waals surface area contributed by atoms with Crippen LogP contribution in [0.25, 0.3) is 0 Å². The Balaban J connectivity index is 1.89. The monoisotopic (exact) mass is 302 g/mol. The lowest BCUT2D eigenvalue weighted by Gasteiger charge is -2.12. The third-order valence-electron chi connectivity index (χ3n) is 2.82. The van der Waals surface area contributed by atoms with Crippen molar-refractivity contribution in [3.63, 3.8) is 0 Å². The van der Waals surface area contributed by atoms with Gasteiger partial charge < -0.3 is 15.8 Å². The van der Waals surface area contributed by atoms with Crippen LogP contribution in [-0.4, -0.2) is 18.6 Å². The second-order valence-electron chi connectivity index (χ2n) is 4.52. The van der Waals surface area contributed by atoms with E-state index in [1.807, 2.05) is 0 Å². The Morgan fingerprint density at radius 3 is 2.79 bits per heavy atom. The molecule has 4 nitrogen and oxygen atoms in total. The van der Waals surface area contributed by atoms with Crippen molar-refractivity contribution in [3.8, 4) is 5.75 Å². The summed E-state index contributed by atoms with van der Waals surface area (Å²) in [6, 6.07) is 3.68. The Kier molecular flexibility index (Phi) is 4.91. The lowest BCUT2D eigenvalue weighted by atomic mass is 10.2. The van der Waals surface area contributed by atoms with Crippen LogP contribution in [0.1, 0.15) is 24.8 Å². The van der Waals surface area contributed by atoms with Crippen LogP contribution in [0.2, 0.25) is 10.0 Å². The van der Waals surface area contributed by atoms with Crippen LogP contribution in [0.4, 0.5) is 0 Å². The Morgan fingerprint density at radius 2 is 2.16 bits per heavy atom. The average molecular weight is 303 g/mol. The summed E-state index contributed by atoms with van der Waals surface area (Å²) in [4.78, 5) is 11.5. The van der Waals surface area contributed by atoms with Crippen molar-refractivity contribution in [3.05, 3.63) is 27.7 Å². The van der Waals surface area contributed by atoms with E-state index >= 15 is 0 Å². The quantitative estimate of drug-likeness (QED) is 0.848. The van der Waals surface area contributed by atoms with E-state index < -0.39 is 0 Å². The zero-order valence-electron chi connectivity index (χ0n) is 10.4. The predicted molar refractivity (Wildman–Crippen MR) is 75.6 cm³/mol. The predicted octanol–water partition coefficient (Wildman–Crippen LogP) is 2.50. The van der Waals surface area contributed by atoms with Crippen molar-refractivity contribution in [1.82, 2.24) is 5.32 Å². The van der Waals surface area contributed by atoms with Crippen molar-refractivity contribution < 1.29 is 9.53 Å². The number of hydrogen-bond donors (Lipinski definition) is 2. The average Bonchev–Trinajstić information content (AvgIpc) is 3.15. The summed E-state index contributed by atoms with van der Waals surface area (Å²) in [5.41, 5.74) is 6.35. The van der Waals surface area contributed by atoms with Gasteiger partial charge in [0, 0.05) is 23.2 Å². The van der Waals surface area contributed by atoms with Crippen molar-refractivity contribution in [2.45, 2.75) is 31.8 Å². The number of nitrogens with two attached hydrogens (primary N) is 1. The minimum absolute atomic E-state index is 0.00174. The summed E-state index contributed by atoms with van der Waals surface area (Å²) in [5, 5.41) is 3.83. The highest BCUT2D eigenvalue weighted by Gasteiger charge is 2.23. The summed E-state index contributed by atoms with van der Waals surface area (Å²) in [5.74, 6) is 0.509. The normalized spacial score (nSPS) is 14.3. The molecule has 1 aliphatic rings. The maximum Gasteiger partial charge on any atom is 0.223 e. The van der Waals surface area contributed by atoms with Gasteiger partial charge in [0.1, 0.15) is 5.75 Å². The number of amides is 1. The third kappa shape index (κ3) is 4.27. The van der Waals surface area contributed by atoms with Crippen molar-refractivity contribution in [2.24, 2.45) is 5.73 Å². The number of carbonyl (C=O) groups is 1. The molecule has 0 unspecified atom stereocenters. The maximum absolute atomic E-state index is 11.5. The Bertz CT molecular complexity index is 476. The minimum Gasteiger partial charge on any atom is -0.491 e. The van der Waals surface area contributed by atoms with Crippen LogP contribution in [-0.2, 0) is 11.3 Å². The molecular weight excluding hydrogens is 287 g/mol. The zero-order chi connectivity index (χ0) is 13.8. The standard InChI is InChI=1S/C13H16Cl2N2O2/c14-9-5-8(7-16)13(11(15)6-9)19-4-3-12(18)17-10-1-2-10/h5-6,10H,1-4,7,16H2,(H,17,18). The molecule has 0 aromatic heterocycles. The molecule has 3 N–H and O–H groups in total. The van der Waals surface area contributed by atoms with Gasteiger partial charge in [-0.25, -0.2) is 0 Å². The van der Waals surface area contributed by atoms with Gasteiger partial charge in [-0.1, -0.05) is 23.2 Å². The summed E-state index contributed by atoms with van der Waals surface area (Å²) < 4.78 is 5.56. The van der Waals surface area contributed by atoms with Crippen LogP contribution >= 0.6 is 23.2 Å². The minimum atomic E-state index is 0.00174. The summed E-state index contributed by atoms with van der Waals surface area (Å²) in [6.45, 7) is 0.552. The highest BCUT2D eigenvalue weighted by Crippen LogP contribution is 2.32. The van der Waals surface area contributed by atoms with Gasteiger partial charge in [-0.2, -0.15) is 0 Å². The molecule has 1 aliphatic carbocycles. The van der Waals surface area contributed by atoms with E-state index in [0.717, 1.165) is 18.4 Å². The van der Waals surface area contributed by atoms with Crippen molar-refractivity contribution in [1.29, 1.82) is 0 Å². The molecule has 1 saturated carbocycles. The highest BCUT2D eigenvalue weighted by molar-refractivity contribution is 6.35. The summed E-state index contributed by atoms with van der Waals surface area (Å²) in [6.07, 6.45) is 2.46. The first-order valence-corrected chi connectivity index (χ1v) is 6.96. The van der Waals surface area contributed by atoms with E-state index in [1.54, 1.807) is 12.1 Å². The lowest BCUT2D eigenvalue weighted by Crippen LogP contribution is -2.26. The second kappa shape index (κ2) is 6.46. The molecule has 6 heteroatoms. The summed E-state index contributed by atoms with van der Waals surface area (Å²) in [7, 11) is 0. The number of halogens is 2. The molecule has 104 valence electrons. The molecule has 0 aliphatic heterocycles. The fourth-order valence-electron chi connectivity index (χ4n) is 1.70. The molecule has 0 heterocycles. The lowest BCUT2D eigenvalue weighted by molar-refractivity contribution is -0.121. The van der Waals surface area contributed by atoms with Crippen LogP contribution in [0.3, 0.4) is 0 Å². The van der Waals surface area contributed by atoms with E-state index in [1.165, 1.54) is 0 Å². The molecule has 0 bridgehead atoms. The van der Waals surface area contributed by atoms with Crippen molar-refractivity contribution in [2.75, 3.05) is 6.61 Å². The van der Waals surface area contributed by atoms with E-state index in [2.05, 4.69) is 5.32 Å². The fourth-order valence-corrected chi connectivity index (χ4v) is 2.29. The zero-order valence-corrected chi connectivity index (χ0v) is 11.9. The Morgan fingerprint density at radius 1 is 1.42 bits per heavy atom. The first-order valence-electron chi connectivity index (χ1n) is 6.20. The fraction of sp³-hybridized carbons (Fsp3) is 0.462. The molecule has 1 aromatic rings. The molecular formula is C13H16Cl2N2O2. The van der Waals surface area contributed by atoms with Crippen LogP contribution in [0, 0.1) is 0 Å². The number of benzene rings is 1. The topological polar surface area (TPSA) is 64.3 Å². The van der Waals surface area contributed by atoms with Crippen LogP contribution < -0.4 is 15.8 Å². The molecule has 2 rings (SSSR count). The molecule has 1 fully saturated rings. The van der Waals surface area contributed by atoms with E-state index in [9.17, 15) is 4.79 Å². The third-order valence-corrected chi connectivity index (χ3v) is 3.32. The highest BCUT2D eigenvalue weighted by atomic mass is 35.5. The molecule has 1 aromatic carbocycles. The van der Waals surface area contributed by atoms with Gasteiger partial charge in [0.25, 0.3) is 0 Å².